The van der Waals surface area contributed by atoms with Crippen LogP contribution in [0.5, 0.6) is 0 Å². The molecule has 2 N–H and O–H groups in total. The second-order valence-corrected chi connectivity index (χ2v) is 7.42. The molecular formula is C21H22ClN5O. The number of hydrogen-bond acceptors (Lipinski definition) is 4. The van der Waals surface area contributed by atoms with Crippen LogP contribution in [0.4, 0.5) is 5.69 Å². The number of nitrogens with zero attached hydrogens (tertiary/aromatic N) is 3. The topological polar surface area (TPSA) is 71.8 Å². The van der Waals surface area contributed by atoms with E-state index in [4.69, 9.17) is 11.6 Å². The molecule has 1 atom stereocenters. The molecule has 0 fully saturated rings. The van der Waals surface area contributed by atoms with E-state index in [1.807, 2.05) is 35.9 Å². The number of halogens is 1. The lowest BCUT2D eigenvalue weighted by Crippen LogP contribution is -2.37. The fourth-order valence-electron chi connectivity index (χ4n) is 3.47. The Bertz CT molecular complexity index is 1000. The predicted molar refractivity (Wildman–Crippen MR) is 110 cm³/mol. The van der Waals surface area contributed by atoms with E-state index >= 15 is 0 Å². The lowest BCUT2D eigenvalue weighted by Gasteiger charge is -2.23. The van der Waals surface area contributed by atoms with Crippen molar-refractivity contribution in [1.82, 2.24) is 20.1 Å². The molecule has 1 aromatic heterocycles. The highest BCUT2D eigenvalue weighted by Gasteiger charge is 2.20. The summed E-state index contributed by atoms with van der Waals surface area (Å²) >= 11 is 6.11. The van der Waals surface area contributed by atoms with E-state index in [2.05, 4.69) is 20.7 Å². The van der Waals surface area contributed by atoms with Gasteiger partial charge >= 0.3 is 0 Å². The molecule has 2 heterocycles. The van der Waals surface area contributed by atoms with Crippen LogP contribution in [-0.4, -0.2) is 26.7 Å². The van der Waals surface area contributed by atoms with E-state index in [0.29, 0.717) is 16.6 Å². The van der Waals surface area contributed by atoms with Crippen LogP contribution >= 0.6 is 11.6 Å². The van der Waals surface area contributed by atoms with Crippen LogP contribution in [0.3, 0.4) is 0 Å². The van der Waals surface area contributed by atoms with Crippen molar-refractivity contribution >= 4 is 23.2 Å². The smallest absolute Gasteiger partial charge is 0.257 e. The van der Waals surface area contributed by atoms with Gasteiger partial charge in [-0.25, -0.2) is 9.67 Å². The largest absolute Gasteiger partial charge is 0.322 e. The molecule has 1 aliphatic rings. The maximum absolute atomic E-state index is 12.4. The Morgan fingerprint density at radius 2 is 2.11 bits per heavy atom. The van der Waals surface area contributed by atoms with Crippen molar-refractivity contribution in [2.45, 2.75) is 38.9 Å². The first-order chi connectivity index (χ1) is 13.6. The highest BCUT2D eigenvalue weighted by Crippen LogP contribution is 2.18. The number of aryl methyl sites for hydroxylation is 2. The molecule has 0 radical (unpaired) electrons. The van der Waals surface area contributed by atoms with Crippen molar-refractivity contribution in [2.75, 3.05) is 5.32 Å². The van der Waals surface area contributed by atoms with Crippen LogP contribution in [0, 0.1) is 6.92 Å². The Morgan fingerprint density at radius 1 is 1.25 bits per heavy atom. The van der Waals surface area contributed by atoms with Gasteiger partial charge in [0.25, 0.3) is 5.91 Å². The highest BCUT2D eigenvalue weighted by atomic mass is 35.5. The molecule has 1 aliphatic heterocycles. The fraction of sp³-hybridized carbons (Fsp3) is 0.286. The van der Waals surface area contributed by atoms with Crippen LogP contribution in [0.1, 0.15) is 34.0 Å². The van der Waals surface area contributed by atoms with Gasteiger partial charge in [0.15, 0.2) is 0 Å². The normalized spacial score (nSPS) is 15.9. The molecular weight excluding hydrogens is 374 g/mol. The number of rotatable bonds is 5. The second-order valence-electron chi connectivity index (χ2n) is 7.01. The summed E-state index contributed by atoms with van der Waals surface area (Å²) in [4.78, 5) is 16.9. The lowest BCUT2D eigenvalue weighted by molar-refractivity contribution is 0.102. The van der Waals surface area contributed by atoms with Crippen LogP contribution < -0.4 is 10.6 Å². The number of carbonyl (C=O) groups excluding carboxylic acids is 1. The first-order valence-electron chi connectivity index (χ1n) is 9.37. The number of aromatic nitrogens is 3. The first kappa shape index (κ1) is 18.7. The predicted octanol–water partition coefficient (Wildman–Crippen LogP) is 3.60. The third-order valence-electron chi connectivity index (χ3n) is 4.86. The zero-order chi connectivity index (χ0) is 19.5. The molecule has 28 heavy (non-hydrogen) atoms. The van der Waals surface area contributed by atoms with Crippen molar-refractivity contribution in [2.24, 2.45) is 0 Å². The van der Waals surface area contributed by atoms with Gasteiger partial charge in [-0.05, 0) is 43.2 Å². The Hall–Kier alpha value is -2.70. The van der Waals surface area contributed by atoms with E-state index in [0.717, 1.165) is 48.8 Å². The molecule has 0 aliphatic carbocycles. The Labute approximate surface area is 168 Å². The van der Waals surface area contributed by atoms with Gasteiger partial charge in [0.2, 0.25) is 0 Å². The number of amides is 1. The fourth-order valence-corrected chi connectivity index (χ4v) is 3.69. The quantitative estimate of drug-likeness (QED) is 0.692. The van der Waals surface area contributed by atoms with Gasteiger partial charge in [0.05, 0.1) is 17.1 Å². The lowest BCUT2D eigenvalue weighted by atomic mass is 10.1. The zero-order valence-electron chi connectivity index (χ0n) is 15.7. The van der Waals surface area contributed by atoms with Gasteiger partial charge in [-0.3, -0.25) is 4.79 Å². The maximum Gasteiger partial charge on any atom is 0.257 e. The SMILES string of the molecule is Cc1nc2n(n1)CC(NCc1cccc(NC(=O)c3ccccc3Cl)c1)CC2. The van der Waals surface area contributed by atoms with E-state index in [9.17, 15) is 4.79 Å². The molecule has 0 bridgehead atoms. The van der Waals surface area contributed by atoms with Crippen LogP contribution in [0.2, 0.25) is 5.02 Å². The summed E-state index contributed by atoms with van der Waals surface area (Å²) in [6, 6.07) is 15.2. The number of hydrogen-bond donors (Lipinski definition) is 2. The number of fused-ring (bicyclic) bond motifs is 1. The molecule has 0 saturated carbocycles. The molecule has 6 nitrogen and oxygen atoms in total. The number of anilines is 1. The minimum atomic E-state index is -0.211. The average Bonchev–Trinajstić information content (AvgIpc) is 3.06. The van der Waals surface area contributed by atoms with E-state index in [1.54, 1.807) is 24.3 Å². The van der Waals surface area contributed by atoms with Crippen molar-refractivity contribution in [3.05, 3.63) is 76.3 Å². The number of benzene rings is 2. The standard InChI is InChI=1S/C21H22ClN5O/c1-14-24-20-10-9-17(13-27(20)26-14)23-12-15-5-4-6-16(11-15)25-21(28)18-7-2-3-8-19(18)22/h2-8,11,17,23H,9-10,12-13H2,1H3,(H,25,28). The van der Waals surface area contributed by atoms with Crippen LogP contribution in [-0.2, 0) is 19.5 Å². The molecule has 1 unspecified atom stereocenters. The van der Waals surface area contributed by atoms with Crippen molar-refractivity contribution in [1.29, 1.82) is 0 Å². The number of nitrogens with one attached hydrogen (secondary N) is 2. The van der Waals surface area contributed by atoms with Gasteiger partial charge in [0, 0.05) is 24.7 Å². The Morgan fingerprint density at radius 3 is 2.96 bits per heavy atom. The van der Waals surface area contributed by atoms with Crippen LogP contribution in [0.15, 0.2) is 48.5 Å². The minimum Gasteiger partial charge on any atom is -0.322 e. The molecule has 7 heteroatoms. The van der Waals surface area contributed by atoms with Gasteiger partial charge in [0.1, 0.15) is 11.6 Å². The van der Waals surface area contributed by atoms with Gasteiger partial charge < -0.3 is 10.6 Å². The Kier molecular flexibility index (Phi) is 5.41. The van der Waals surface area contributed by atoms with E-state index in [1.165, 1.54) is 0 Å². The van der Waals surface area contributed by atoms with E-state index in [-0.39, 0.29) is 5.91 Å². The van der Waals surface area contributed by atoms with Crippen molar-refractivity contribution < 1.29 is 4.79 Å². The van der Waals surface area contributed by atoms with Crippen LogP contribution in [0.25, 0.3) is 0 Å². The molecule has 1 amide bonds. The highest BCUT2D eigenvalue weighted by molar-refractivity contribution is 6.34. The summed E-state index contributed by atoms with van der Waals surface area (Å²) in [6.45, 7) is 3.48. The molecule has 144 valence electrons. The summed E-state index contributed by atoms with van der Waals surface area (Å²) in [6.07, 6.45) is 1.98. The Balaban J connectivity index is 1.36. The van der Waals surface area contributed by atoms with Gasteiger partial charge in [-0.1, -0.05) is 35.9 Å². The third-order valence-corrected chi connectivity index (χ3v) is 5.19. The van der Waals surface area contributed by atoms with E-state index < -0.39 is 0 Å². The maximum atomic E-state index is 12.4. The molecule has 0 saturated heterocycles. The third kappa shape index (κ3) is 4.24. The zero-order valence-corrected chi connectivity index (χ0v) is 16.4. The molecule has 3 aromatic rings. The number of carbonyl (C=O) groups is 1. The second kappa shape index (κ2) is 8.12. The summed E-state index contributed by atoms with van der Waals surface area (Å²) < 4.78 is 2.00. The summed E-state index contributed by atoms with van der Waals surface area (Å²) in [5.41, 5.74) is 2.33. The molecule has 0 spiro atoms. The minimum absolute atomic E-state index is 0.211. The monoisotopic (exact) mass is 395 g/mol. The average molecular weight is 396 g/mol. The summed E-state index contributed by atoms with van der Waals surface area (Å²) in [5, 5.41) is 11.4. The summed E-state index contributed by atoms with van der Waals surface area (Å²) in [5.74, 6) is 1.69. The van der Waals surface area contributed by atoms with Crippen molar-refractivity contribution in [3.8, 4) is 0 Å². The summed E-state index contributed by atoms with van der Waals surface area (Å²) in [7, 11) is 0. The molecule has 4 rings (SSSR count). The van der Waals surface area contributed by atoms with Gasteiger partial charge in [-0.15, -0.1) is 0 Å². The molecule has 2 aromatic carbocycles. The van der Waals surface area contributed by atoms with Crippen molar-refractivity contribution in [3.63, 3.8) is 0 Å². The first-order valence-corrected chi connectivity index (χ1v) is 9.75. The van der Waals surface area contributed by atoms with Gasteiger partial charge in [-0.2, -0.15) is 5.10 Å².